The zero-order valence-corrected chi connectivity index (χ0v) is 22.7. The molecule has 0 unspecified atom stereocenters. The van der Waals surface area contributed by atoms with Crippen molar-refractivity contribution in [1.82, 2.24) is 9.88 Å². The van der Waals surface area contributed by atoms with E-state index in [9.17, 15) is 5.11 Å². The normalized spacial score (nSPS) is 13.1. The molecule has 0 amide bonds. The van der Waals surface area contributed by atoms with Crippen LogP contribution in [0.15, 0.2) is 140 Å². The Morgan fingerprint density at radius 2 is 1.33 bits per heavy atom. The molecule has 2 heterocycles. The monoisotopic (exact) mass is 527 g/mol. The molecule has 39 heavy (non-hydrogen) atoms. The van der Waals surface area contributed by atoms with Crippen molar-refractivity contribution in [3.8, 4) is 17.2 Å². The number of nitrogens with zero attached hydrogens (tertiary/aromatic N) is 3. The fourth-order valence-electron chi connectivity index (χ4n) is 5.25. The summed E-state index contributed by atoms with van der Waals surface area (Å²) >= 11 is 0. The van der Waals surface area contributed by atoms with E-state index in [1.807, 2.05) is 18.2 Å². The van der Waals surface area contributed by atoms with Gasteiger partial charge in [-0.3, -0.25) is 0 Å². The van der Waals surface area contributed by atoms with E-state index < -0.39 is 8.07 Å². The quantitative estimate of drug-likeness (QED) is 0.255. The first-order chi connectivity index (χ1) is 19.1. The molecule has 1 aliphatic rings. The van der Waals surface area contributed by atoms with Gasteiger partial charge in [-0.1, -0.05) is 91.0 Å². The Kier molecular flexibility index (Phi) is 6.61. The SMILES string of the molecule is CN1C=CN(c2cccc([Si](c3ccccc3)(c3ccccc3)c3cccc(Oc4ccccc4O)c3)n2)C1. The first kappa shape index (κ1) is 24.5. The maximum atomic E-state index is 10.3. The minimum absolute atomic E-state index is 0.107. The van der Waals surface area contributed by atoms with Crippen LogP contribution < -0.4 is 30.5 Å². The zero-order chi connectivity index (χ0) is 26.7. The van der Waals surface area contributed by atoms with E-state index in [4.69, 9.17) is 9.72 Å². The third kappa shape index (κ3) is 4.66. The van der Waals surface area contributed by atoms with Gasteiger partial charge in [-0.25, -0.2) is 4.98 Å². The molecule has 6 rings (SSSR count). The van der Waals surface area contributed by atoms with E-state index in [0.717, 1.165) is 23.0 Å². The maximum absolute atomic E-state index is 10.3. The molecule has 0 saturated heterocycles. The molecule has 192 valence electrons. The van der Waals surface area contributed by atoms with Crippen molar-refractivity contribution in [2.24, 2.45) is 0 Å². The molecule has 0 fully saturated rings. The summed E-state index contributed by atoms with van der Waals surface area (Å²) < 4.78 is 6.20. The molecule has 5 aromatic rings. The van der Waals surface area contributed by atoms with Gasteiger partial charge < -0.3 is 19.6 Å². The summed E-state index contributed by atoms with van der Waals surface area (Å²) in [5, 5.41) is 15.0. The average Bonchev–Trinajstić information content (AvgIpc) is 3.43. The molecule has 0 aliphatic carbocycles. The molecule has 5 nitrogen and oxygen atoms in total. The number of pyridine rings is 1. The number of rotatable bonds is 7. The fraction of sp³-hybridized carbons (Fsp3) is 0.0606. The summed E-state index contributed by atoms with van der Waals surface area (Å²) in [6.07, 6.45) is 4.13. The molecule has 1 N–H and O–H groups in total. The van der Waals surface area contributed by atoms with Crippen LogP contribution in [0.5, 0.6) is 17.2 Å². The van der Waals surface area contributed by atoms with Gasteiger partial charge in [-0.15, -0.1) is 0 Å². The van der Waals surface area contributed by atoms with E-state index in [1.54, 1.807) is 18.2 Å². The van der Waals surface area contributed by atoms with Gasteiger partial charge in [0.1, 0.15) is 11.6 Å². The molecule has 0 atom stereocenters. The summed E-state index contributed by atoms with van der Waals surface area (Å²) in [4.78, 5) is 9.64. The van der Waals surface area contributed by atoms with E-state index in [1.165, 1.54) is 10.4 Å². The summed E-state index contributed by atoms with van der Waals surface area (Å²) in [5.74, 6) is 2.11. The number of phenols is 1. The van der Waals surface area contributed by atoms with Crippen LogP contribution in [0.25, 0.3) is 0 Å². The first-order valence-corrected chi connectivity index (χ1v) is 14.9. The Morgan fingerprint density at radius 3 is 2.00 bits per heavy atom. The molecule has 6 heteroatoms. The predicted octanol–water partition coefficient (Wildman–Crippen LogP) is 4.14. The Morgan fingerprint density at radius 1 is 0.692 bits per heavy atom. The summed E-state index contributed by atoms with van der Waals surface area (Å²) in [5.41, 5.74) is 0. The van der Waals surface area contributed by atoms with Gasteiger partial charge in [0, 0.05) is 24.8 Å². The van der Waals surface area contributed by atoms with Gasteiger partial charge in [0.25, 0.3) is 0 Å². The van der Waals surface area contributed by atoms with Crippen LogP contribution in [0.1, 0.15) is 0 Å². The number of anilines is 1. The van der Waals surface area contributed by atoms with Gasteiger partial charge >= 0.3 is 0 Å². The number of aromatic hydroxyl groups is 1. The highest BCUT2D eigenvalue weighted by Gasteiger charge is 2.43. The summed E-state index contributed by atoms with van der Waals surface area (Å²) in [6.45, 7) is 0.756. The fourth-order valence-corrected chi connectivity index (χ4v) is 9.86. The lowest BCUT2D eigenvalue weighted by Crippen LogP contribution is -2.75. The second-order valence-corrected chi connectivity index (χ2v) is 13.4. The zero-order valence-electron chi connectivity index (χ0n) is 21.7. The van der Waals surface area contributed by atoms with E-state index in [-0.39, 0.29) is 5.75 Å². The number of hydrogen-bond acceptors (Lipinski definition) is 5. The van der Waals surface area contributed by atoms with Crippen molar-refractivity contribution in [3.05, 3.63) is 140 Å². The predicted molar refractivity (Wildman–Crippen MR) is 160 cm³/mol. The molecular weight excluding hydrogens is 498 g/mol. The third-order valence-corrected chi connectivity index (χ3v) is 11.7. The molecule has 0 spiro atoms. The van der Waals surface area contributed by atoms with Crippen LogP contribution in [-0.2, 0) is 0 Å². The molecular formula is C33H29N3O2Si. The number of benzene rings is 4. The lowest BCUT2D eigenvalue weighted by molar-refractivity contribution is 0.411. The van der Waals surface area contributed by atoms with Crippen molar-refractivity contribution in [2.75, 3.05) is 18.6 Å². The van der Waals surface area contributed by atoms with Gasteiger partial charge in [0.05, 0.1) is 6.67 Å². The van der Waals surface area contributed by atoms with Gasteiger partial charge in [0.2, 0.25) is 8.07 Å². The highest BCUT2D eigenvalue weighted by atomic mass is 28.3. The van der Waals surface area contributed by atoms with Gasteiger partial charge in [-0.2, -0.15) is 0 Å². The van der Waals surface area contributed by atoms with Gasteiger partial charge in [-0.05, 0) is 52.0 Å². The van der Waals surface area contributed by atoms with Crippen molar-refractivity contribution < 1.29 is 9.84 Å². The smallest absolute Gasteiger partial charge is 0.202 e. The molecule has 0 radical (unpaired) electrons. The second-order valence-electron chi connectivity index (χ2n) is 9.63. The molecule has 0 saturated carbocycles. The molecule has 4 aromatic carbocycles. The van der Waals surface area contributed by atoms with Crippen LogP contribution in [-0.4, -0.2) is 36.8 Å². The lowest BCUT2D eigenvalue weighted by Gasteiger charge is -2.34. The minimum atomic E-state index is -2.88. The van der Waals surface area contributed by atoms with E-state index in [2.05, 4.69) is 120 Å². The number of aromatic nitrogens is 1. The van der Waals surface area contributed by atoms with Crippen molar-refractivity contribution in [1.29, 1.82) is 0 Å². The topological polar surface area (TPSA) is 48.8 Å². The first-order valence-electron chi connectivity index (χ1n) is 12.9. The second kappa shape index (κ2) is 10.5. The van der Waals surface area contributed by atoms with Crippen LogP contribution in [0.3, 0.4) is 0 Å². The number of phenolic OH excluding ortho intramolecular Hbond substituents is 1. The van der Waals surface area contributed by atoms with Crippen molar-refractivity contribution >= 4 is 34.8 Å². The van der Waals surface area contributed by atoms with Crippen LogP contribution >= 0.6 is 0 Å². The van der Waals surface area contributed by atoms with Crippen molar-refractivity contribution in [3.63, 3.8) is 0 Å². The largest absolute Gasteiger partial charge is 0.504 e. The Hall–Kier alpha value is -4.81. The maximum Gasteiger partial charge on any atom is 0.202 e. The standard InChI is InChI=1S/C33H29N3O2Si/c1-35-22-23-36(25-35)32-20-11-21-33(34-32)39(27-13-4-2-5-14-27,28-15-6-3-7-16-28)29-17-10-12-26(24-29)38-31-19-9-8-18-30(31)37/h2-24,37H,25H2,1H3. The number of hydrogen-bond donors (Lipinski definition) is 1. The lowest BCUT2D eigenvalue weighted by atomic mass is 10.3. The Labute approximate surface area is 229 Å². The van der Waals surface area contributed by atoms with E-state index in [0.29, 0.717) is 11.5 Å². The highest BCUT2D eigenvalue weighted by Crippen LogP contribution is 2.29. The molecule has 1 aliphatic heterocycles. The Balaban J connectivity index is 1.58. The van der Waals surface area contributed by atoms with Crippen molar-refractivity contribution in [2.45, 2.75) is 0 Å². The van der Waals surface area contributed by atoms with Crippen LogP contribution in [0, 0.1) is 0 Å². The Bertz CT molecular complexity index is 1570. The number of ether oxygens (including phenoxy) is 1. The minimum Gasteiger partial charge on any atom is -0.504 e. The van der Waals surface area contributed by atoms with Gasteiger partial charge in [0.15, 0.2) is 11.5 Å². The average molecular weight is 528 g/mol. The van der Waals surface area contributed by atoms with Crippen LogP contribution in [0.4, 0.5) is 5.82 Å². The highest BCUT2D eigenvalue weighted by molar-refractivity contribution is 7.19. The molecule has 1 aromatic heterocycles. The summed E-state index contributed by atoms with van der Waals surface area (Å²) in [6, 6.07) is 43.0. The van der Waals surface area contributed by atoms with Crippen LogP contribution in [0.2, 0.25) is 0 Å². The summed E-state index contributed by atoms with van der Waals surface area (Å²) in [7, 11) is -0.821. The third-order valence-electron chi connectivity index (χ3n) is 7.06. The number of para-hydroxylation sites is 2. The van der Waals surface area contributed by atoms with E-state index >= 15 is 0 Å². The molecule has 0 bridgehead atoms.